The van der Waals surface area contributed by atoms with E-state index in [1.165, 1.54) is 18.5 Å². The third kappa shape index (κ3) is 2.51. The molecule has 1 aliphatic carbocycles. The van der Waals surface area contributed by atoms with Crippen LogP contribution in [0.25, 0.3) is 0 Å². The van der Waals surface area contributed by atoms with Crippen molar-refractivity contribution < 1.29 is 14.1 Å². The number of nitrogens with zero attached hydrogens (tertiary/aromatic N) is 4. The molecule has 0 fully saturated rings. The van der Waals surface area contributed by atoms with Crippen molar-refractivity contribution in [3.05, 3.63) is 81.7 Å². The summed E-state index contributed by atoms with van der Waals surface area (Å²) >= 11 is 0. The second-order valence-corrected chi connectivity index (χ2v) is 6.84. The van der Waals surface area contributed by atoms with E-state index in [9.17, 15) is 14.9 Å². The largest absolute Gasteiger partial charge is 0.469 e. The van der Waals surface area contributed by atoms with Gasteiger partial charge in [-0.05, 0) is 36.2 Å². The van der Waals surface area contributed by atoms with Crippen LogP contribution < -0.4 is 5.32 Å². The van der Waals surface area contributed by atoms with Gasteiger partial charge < -0.3 is 9.73 Å². The average Bonchev–Trinajstić information content (AvgIpc) is 3.38. The predicted octanol–water partition coefficient (Wildman–Crippen LogP) is 3.20. The molecule has 2 aliphatic rings. The van der Waals surface area contributed by atoms with Gasteiger partial charge in [-0.2, -0.15) is 10.1 Å². The number of rotatable bonds is 3. The fraction of sp³-hybridized carbons (Fsp3) is 0.211. The summed E-state index contributed by atoms with van der Waals surface area (Å²) in [7, 11) is 0. The number of hydrogen-bond acceptors (Lipinski definition) is 7. The van der Waals surface area contributed by atoms with Gasteiger partial charge in [0, 0.05) is 35.7 Å². The van der Waals surface area contributed by atoms with Crippen molar-refractivity contribution in [3.8, 4) is 0 Å². The van der Waals surface area contributed by atoms with E-state index in [0.29, 0.717) is 24.4 Å². The lowest BCUT2D eigenvalue weighted by Gasteiger charge is -2.34. The zero-order valence-corrected chi connectivity index (χ0v) is 14.6. The molecular formula is C19H15N5O4. The minimum absolute atomic E-state index is 0.000322. The number of ketones is 1. The van der Waals surface area contributed by atoms with Crippen LogP contribution >= 0.6 is 0 Å². The second kappa shape index (κ2) is 6.15. The first-order valence-corrected chi connectivity index (χ1v) is 8.82. The van der Waals surface area contributed by atoms with Gasteiger partial charge in [-0.15, -0.1) is 0 Å². The Hall–Kier alpha value is -3.75. The number of carbonyl (C=O) groups excluding carboxylic acids is 1. The summed E-state index contributed by atoms with van der Waals surface area (Å²) in [5.41, 5.74) is 2.16. The van der Waals surface area contributed by atoms with E-state index in [0.717, 1.165) is 17.0 Å². The van der Waals surface area contributed by atoms with Crippen LogP contribution in [0.1, 0.15) is 36.1 Å². The summed E-state index contributed by atoms with van der Waals surface area (Å²) < 4.78 is 7.15. The van der Waals surface area contributed by atoms with Crippen molar-refractivity contribution in [2.75, 3.05) is 5.32 Å². The molecule has 0 saturated heterocycles. The second-order valence-electron chi connectivity index (χ2n) is 6.84. The number of allylic oxidation sites excluding steroid dienone is 2. The first-order valence-electron chi connectivity index (χ1n) is 8.82. The van der Waals surface area contributed by atoms with Gasteiger partial charge in [0.25, 0.3) is 5.69 Å². The lowest BCUT2D eigenvalue weighted by atomic mass is 9.79. The molecule has 0 saturated carbocycles. The monoisotopic (exact) mass is 377 g/mol. The highest BCUT2D eigenvalue weighted by Gasteiger charge is 2.39. The highest BCUT2D eigenvalue weighted by Crippen LogP contribution is 2.43. The normalized spacial score (nSPS) is 21.1. The molecule has 3 heterocycles. The Bertz CT molecular complexity index is 1100. The van der Waals surface area contributed by atoms with Crippen LogP contribution in [0, 0.1) is 10.1 Å². The number of anilines is 1. The van der Waals surface area contributed by atoms with Crippen LogP contribution in [0.2, 0.25) is 0 Å². The molecule has 0 bridgehead atoms. The Balaban J connectivity index is 1.59. The van der Waals surface area contributed by atoms with E-state index >= 15 is 0 Å². The van der Waals surface area contributed by atoms with Crippen LogP contribution in [0.3, 0.4) is 0 Å². The lowest BCUT2D eigenvalue weighted by Crippen LogP contribution is -2.33. The first kappa shape index (κ1) is 16.4. The number of nitro groups is 1. The van der Waals surface area contributed by atoms with E-state index in [1.807, 2.05) is 12.1 Å². The summed E-state index contributed by atoms with van der Waals surface area (Å²) in [6.07, 6.45) is 3.98. The predicted molar refractivity (Wildman–Crippen MR) is 97.6 cm³/mol. The molecule has 0 unspecified atom stereocenters. The van der Waals surface area contributed by atoms with E-state index in [2.05, 4.69) is 15.4 Å². The standard InChI is InChI=1S/C19H15N5O4/c25-15-9-12(16-2-1-7-28-16)8-14-17(15)18(23-19(22-14)20-10-21-23)11-3-5-13(6-4-11)24(26)27/h1-7,10,12,18H,8-9H2,(H,20,21,22)/t12-,18-/m1/s1. The zero-order chi connectivity index (χ0) is 19.3. The van der Waals surface area contributed by atoms with Crippen molar-refractivity contribution in [1.29, 1.82) is 0 Å². The molecule has 3 aromatic rings. The molecule has 2 aromatic heterocycles. The summed E-state index contributed by atoms with van der Waals surface area (Å²) in [5, 5.41) is 18.5. The number of fused-ring (bicyclic) bond motifs is 1. The Labute approximate surface area is 158 Å². The van der Waals surface area contributed by atoms with Crippen LogP contribution in [-0.2, 0) is 4.79 Å². The highest BCUT2D eigenvalue weighted by atomic mass is 16.6. The van der Waals surface area contributed by atoms with Crippen molar-refractivity contribution in [2.45, 2.75) is 24.8 Å². The number of hydrogen-bond donors (Lipinski definition) is 1. The molecular weight excluding hydrogens is 362 g/mol. The van der Waals surface area contributed by atoms with Gasteiger partial charge in [0.2, 0.25) is 5.95 Å². The quantitative estimate of drug-likeness (QED) is 0.550. The van der Waals surface area contributed by atoms with Gasteiger partial charge in [0.05, 0.1) is 11.2 Å². The molecule has 140 valence electrons. The Morgan fingerprint density at radius 3 is 2.75 bits per heavy atom. The van der Waals surface area contributed by atoms with Crippen LogP contribution in [0.15, 0.2) is 64.7 Å². The number of aromatic nitrogens is 3. The molecule has 1 N–H and O–H groups in total. The molecule has 1 aliphatic heterocycles. The van der Waals surface area contributed by atoms with E-state index in [-0.39, 0.29) is 17.4 Å². The fourth-order valence-electron chi connectivity index (χ4n) is 3.96. The Kier molecular flexibility index (Phi) is 3.61. The summed E-state index contributed by atoms with van der Waals surface area (Å²) in [4.78, 5) is 27.9. The maximum atomic E-state index is 13.1. The number of carbonyl (C=O) groups is 1. The Morgan fingerprint density at radius 1 is 1.21 bits per heavy atom. The molecule has 0 amide bonds. The summed E-state index contributed by atoms with van der Waals surface area (Å²) in [5.74, 6) is 1.27. The SMILES string of the molecule is O=C1C[C@H](c2ccco2)CC2=C1[C@@H](c1ccc([N+](=O)[O-])cc1)n1ncnc1N2. The zero-order valence-electron chi connectivity index (χ0n) is 14.6. The van der Waals surface area contributed by atoms with E-state index in [1.54, 1.807) is 23.1 Å². The molecule has 2 atom stereocenters. The molecule has 5 rings (SSSR count). The van der Waals surface area contributed by atoms with Crippen molar-refractivity contribution in [1.82, 2.24) is 14.8 Å². The first-order chi connectivity index (χ1) is 13.6. The van der Waals surface area contributed by atoms with Crippen LogP contribution in [0.4, 0.5) is 11.6 Å². The van der Waals surface area contributed by atoms with Gasteiger partial charge in [0.15, 0.2) is 5.78 Å². The van der Waals surface area contributed by atoms with Gasteiger partial charge in [-0.1, -0.05) is 0 Å². The summed E-state index contributed by atoms with van der Waals surface area (Å²) in [6.45, 7) is 0. The van der Waals surface area contributed by atoms with Gasteiger partial charge >= 0.3 is 0 Å². The molecule has 0 radical (unpaired) electrons. The van der Waals surface area contributed by atoms with Gasteiger partial charge in [0.1, 0.15) is 18.1 Å². The van der Waals surface area contributed by atoms with E-state index < -0.39 is 11.0 Å². The number of nitrogens with one attached hydrogen (secondary N) is 1. The molecule has 9 nitrogen and oxygen atoms in total. The smallest absolute Gasteiger partial charge is 0.269 e. The van der Waals surface area contributed by atoms with Crippen molar-refractivity contribution in [3.63, 3.8) is 0 Å². The number of benzene rings is 1. The number of nitro benzene ring substituents is 1. The minimum atomic E-state index is -0.473. The fourth-order valence-corrected chi connectivity index (χ4v) is 3.96. The summed E-state index contributed by atoms with van der Waals surface area (Å²) in [6, 6.07) is 9.42. The van der Waals surface area contributed by atoms with Gasteiger partial charge in [-0.25, -0.2) is 4.68 Å². The maximum absolute atomic E-state index is 13.1. The number of non-ortho nitro benzene ring substituents is 1. The Morgan fingerprint density at radius 2 is 2.04 bits per heavy atom. The van der Waals surface area contributed by atoms with Gasteiger partial charge in [-0.3, -0.25) is 14.9 Å². The maximum Gasteiger partial charge on any atom is 0.269 e. The number of furan rings is 1. The highest BCUT2D eigenvalue weighted by molar-refractivity contribution is 6.00. The van der Waals surface area contributed by atoms with Crippen LogP contribution in [-0.4, -0.2) is 25.5 Å². The third-order valence-corrected chi connectivity index (χ3v) is 5.23. The average molecular weight is 377 g/mol. The molecule has 1 aromatic carbocycles. The van der Waals surface area contributed by atoms with Crippen LogP contribution in [0.5, 0.6) is 0 Å². The lowest BCUT2D eigenvalue weighted by molar-refractivity contribution is -0.384. The van der Waals surface area contributed by atoms with Crippen molar-refractivity contribution >= 4 is 17.4 Å². The van der Waals surface area contributed by atoms with Crippen molar-refractivity contribution in [2.24, 2.45) is 0 Å². The molecule has 28 heavy (non-hydrogen) atoms. The van der Waals surface area contributed by atoms with E-state index in [4.69, 9.17) is 4.42 Å². The molecule has 9 heteroatoms. The molecule has 0 spiro atoms. The topological polar surface area (TPSA) is 116 Å². The number of Topliss-reactive ketones (excluding diaryl/α,β-unsaturated/α-hetero) is 1. The third-order valence-electron chi connectivity index (χ3n) is 5.23. The minimum Gasteiger partial charge on any atom is -0.469 e.